The van der Waals surface area contributed by atoms with Crippen LogP contribution in [0.4, 0.5) is 0 Å². The van der Waals surface area contributed by atoms with Gasteiger partial charge in [-0.2, -0.15) is 0 Å². The third kappa shape index (κ3) is 3.52. The molecule has 128 valence electrons. The normalized spacial score (nSPS) is 15.7. The molecule has 0 saturated carbocycles. The second kappa shape index (κ2) is 7.27. The van der Waals surface area contributed by atoms with Gasteiger partial charge in [0.05, 0.1) is 38.3 Å². The van der Waals surface area contributed by atoms with Crippen LogP contribution >= 0.6 is 34.5 Å². The second-order valence-electron chi connectivity index (χ2n) is 5.68. The molecule has 1 aliphatic rings. The van der Waals surface area contributed by atoms with Crippen molar-refractivity contribution in [2.75, 3.05) is 39.8 Å². The van der Waals surface area contributed by atoms with Gasteiger partial charge in [-0.15, -0.1) is 11.3 Å². The van der Waals surface area contributed by atoms with E-state index in [1.165, 1.54) is 18.4 Å². The van der Waals surface area contributed by atoms with E-state index in [0.717, 1.165) is 28.1 Å². The molecule has 0 spiro atoms. The first kappa shape index (κ1) is 17.5. The van der Waals surface area contributed by atoms with E-state index >= 15 is 0 Å². The molecule has 1 amide bonds. The molecule has 2 aromatic rings. The van der Waals surface area contributed by atoms with Gasteiger partial charge in [-0.1, -0.05) is 29.3 Å². The average Bonchev–Trinajstić information content (AvgIpc) is 2.90. The van der Waals surface area contributed by atoms with Crippen LogP contribution in [0.1, 0.15) is 9.67 Å². The second-order valence-corrected chi connectivity index (χ2v) is 7.55. The number of thiophene rings is 1. The van der Waals surface area contributed by atoms with Crippen LogP contribution in [0.15, 0.2) is 18.2 Å². The molecule has 0 radical (unpaired) electrons. The Morgan fingerprint density at radius 3 is 2.67 bits per heavy atom. The van der Waals surface area contributed by atoms with Gasteiger partial charge < -0.3 is 14.5 Å². The molecule has 1 N–H and O–H groups in total. The van der Waals surface area contributed by atoms with Crippen LogP contribution < -0.4 is 4.90 Å². The fourth-order valence-electron chi connectivity index (χ4n) is 2.80. The number of amides is 1. The molecular weight excluding hydrogens is 371 g/mol. The molecule has 0 aliphatic carbocycles. The van der Waals surface area contributed by atoms with Crippen LogP contribution in [0.3, 0.4) is 0 Å². The lowest BCUT2D eigenvalue weighted by atomic mass is 10.2. The van der Waals surface area contributed by atoms with Crippen LogP contribution in [0, 0.1) is 0 Å². The number of hydrogen-bond donors (Lipinski definition) is 1. The highest BCUT2D eigenvalue weighted by molar-refractivity contribution is 7.21. The van der Waals surface area contributed by atoms with Gasteiger partial charge in [-0.3, -0.25) is 4.79 Å². The summed E-state index contributed by atoms with van der Waals surface area (Å²) < 4.78 is 5.60. The minimum absolute atomic E-state index is 0.0607. The van der Waals surface area contributed by atoms with Crippen molar-refractivity contribution >= 4 is 56.5 Å². The maximum absolute atomic E-state index is 12.8. The zero-order chi connectivity index (χ0) is 17.3. The van der Waals surface area contributed by atoms with Gasteiger partial charge in [-0.25, -0.2) is 4.79 Å². The zero-order valence-electron chi connectivity index (χ0n) is 13.1. The molecule has 1 fully saturated rings. The molecule has 1 aromatic carbocycles. The number of ether oxygens (including phenoxy) is 1. The van der Waals surface area contributed by atoms with Gasteiger partial charge in [-0.05, 0) is 12.1 Å². The van der Waals surface area contributed by atoms with Gasteiger partial charge in [0.2, 0.25) is 0 Å². The highest BCUT2D eigenvalue weighted by Gasteiger charge is 2.28. The standard InChI is InChI=1S/C16H16Cl2N2O3S/c1-23-13(21)9-19-4-6-20(7-5-19)16(22)15-14(18)11-3-2-10(17)8-12(11)24-15/h2-3,8H,4-7,9H2,1H3/p+1. The van der Waals surface area contributed by atoms with Crippen molar-refractivity contribution in [3.63, 3.8) is 0 Å². The number of benzene rings is 1. The lowest BCUT2D eigenvalue weighted by Gasteiger charge is -2.31. The molecule has 0 bridgehead atoms. The summed E-state index contributed by atoms with van der Waals surface area (Å²) in [5, 5.41) is 1.96. The molecule has 24 heavy (non-hydrogen) atoms. The van der Waals surface area contributed by atoms with Crippen LogP contribution in [0.25, 0.3) is 10.1 Å². The molecule has 3 rings (SSSR count). The van der Waals surface area contributed by atoms with E-state index in [4.69, 9.17) is 23.2 Å². The summed E-state index contributed by atoms with van der Waals surface area (Å²) in [4.78, 5) is 27.6. The van der Waals surface area contributed by atoms with E-state index in [2.05, 4.69) is 4.74 Å². The number of fused-ring (bicyclic) bond motifs is 1. The van der Waals surface area contributed by atoms with E-state index in [9.17, 15) is 9.59 Å². The quantitative estimate of drug-likeness (QED) is 0.815. The van der Waals surface area contributed by atoms with Crippen LogP contribution in [-0.2, 0) is 9.53 Å². The molecule has 0 unspecified atom stereocenters. The highest BCUT2D eigenvalue weighted by Crippen LogP contribution is 2.37. The molecule has 1 aliphatic heterocycles. The Morgan fingerprint density at radius 1 is 1.29 bits per heavy atom. The summed E-state index contributed by atoms with van der Waals surface area (Å²) in [5.74, 6) is -0.288. The van der Waals surface area contributed by atoms with E-state index in [0.29, 0.717) is 34.6 Å². The summed E-state index contributed by atoms with van der Waals surface area (Å²) in [7, 11) is 1.39. The first-order valence-electron chi connectivity index (χ1n) is 7.57. The molecule has 8 heteroatoms. The van der Waals surface area contributed by atoms with Gasteiger partial charge in [0.1, 0.15) is 4.88 Å². The van der Waals surface area contributed by atoms with E-state index < -0.39 is 0 Å². The van der Waals surface area contributed by atoms with Crippen molar-refractivity contribution in [2.24, 2.45) is 0 Å². The summed E-state index contributed by atoms with van der Waals surface area (Å²) in [5.41, 5.74) is 0. The number of methoxy groups -OCH3 is 1. The van der Waals surface area contributed by atoms with Crippen molar-refractivity contribution in [3.05, 3.63) is 33.1 Å². The van der Waals surface area contributed by atoms with Crippen molar-refractivity contribution in [1.29, 1.82) is 0 Å². The van der Waals surface area contributed by atoms with Crippen molar-refractivity contribution < 1.29 is 19.2 Å². The van der Waals surface area contributed by atoms with E-state index in [-0.39, 0.29) is 11.9 Å². The average molecular weight is 388 g/mol. The number of carbonyl (C=O) groups is 2. The van der Waals surface area contributed by atoms with Gasteiger partial charge in [0.15, 0.2) is 6.54 Å². The fourth-order valence-corrected chi connectivity index (χ4v) is 4.56. The third-order valence-corrected chi connectivity index (χ3v) is 6.05. The van der Waals surface area contributed by atoms with Crippen LogP contribution in [0.5, 0.6) is 0 Å². The van der Waals surface area contributed by atoms with E-state index in [1.807, 2.05) is 12.1 Å². The molecule has 1 aromatic heterocycles. The monoisotopic (exact) mass is 387 g/mol. The van der Waals surface area contributed by atoms with Crippen molar-refractivity contribution in [2.45, 2.75) is 0 Å². The maximum Gasteiger partial charge on any atom is 0.361 e. The number of nitrogens with zero attached hydrogens (tertiary/aromatic N) is 1. The maximum atomic E-state index is 12.8. The lowest BCUT2D eigenvalue weighted by Crippen LogP contribution is -3.15. The SMILES string of the molecule is COC(=O)C[NH+]1CCN(C(=O)c2sc3cc(Cl)ccc3c2Cl)CC1. The highest BCUT2D eigenvalue weighted by atomic mass is 35.5. The summed E-state index contributed by atoms with van der Waals surface area (Å²) in [6, 6.07) is 5.43. The summed E-state index contributed by atoms with van der Waals surface area (Å²) >= 11 is 13.8. The van der Waals surface area contributed by atoms with Gasteiger partial charge in [0.25, 0.3) is 5.91 Å². The number of carbonyl (C=O) groups excluding carboxylic acids is 2. The zero-order valence-corrected chi connectivity index (χ0v) is 15.4. The minimum atomic E-state index is -0.228. The van der Waals surface area contributed by atoms with Crippen molar-refractivity contribution in [1.82, 2.24) is 4.90 Å². The number of quaternary nitrogens is 1. The number of esters is 1. The van der Waals surface area contributed by atoms with Crippen molar-refractivity contribution in [3.8, 4) is 0 Å². The lowest BCUT2D eigenvalue weighted by molar-refractivity contribution is -0.896. The Balaban J connectivity index is 1.72. The number of piperazine rings is 1. The Bertz CT molecular complexity index is 785. The smallest absolute Gasteiger partial charge is 0.361 e. The topological polar surface area (TPSA) is 51.1 Å². The molecular formula is C16H17Cl2N2O3S+. The number of rotatable bonds is 3. The Hall–Kier alpha value is -1.34. The Morgan fingerprint density at radius 2 is 2.00 bits per heavy atom. The number of hydrogen-bond acceptors (Lipinski definition) is 4. The first-order chi connectivity index (χ1) is 11.5. The Labute approximate surface area is 153 Å². The predicted molar refractivity (Wildman–Crippen MR) is 95.3 cm³/mol. The largest absolute Gasteiger partial charge is 0.465 e. The van der Waals surface area contributed by atoms with E-state index in [1.54, 1.807) is 11.0 Å². The summed E-state index contributed by atoms with van der Waals surface area (Å²) in [6.07, 6.45) is 0. The van der Waals surface area contributed by atoms with Crippen LogP contribution in [-0.4, -0.2) is 56.6 Å². The van der Waals surface area contributed by atoms with Gasteiger partial charge >= 0.3 is 5.97 Å². The minimum Gasteiger partial charge on any atom is -0.465 e. The molecule has 0 atom stereocenters. The number of nitrogens with one attached hydrogen (secondary N) is 1. The fraction of sp³-hybridized carbons (Fsp3) is 0.375. The molecule has 5 nitrogen and oxygen atoms in total. The number of halogens is 2. The first-order valence-corrected chi connectivity index (χ1v) is 9.14. The third-order valence-electron chi connectivity index (χ3n) is 4.17. The molecule has 1 saturated heterocycles. The van der Waals surface area contributed by atoms with Crippen LogP contribution in [0.2, 0.25) is 10.0 Å². The predicted octanol–water partition coefficient (Wildman–Crippen LogP) is 1.72. The molecule has 2 heterocycles. The Kier molecular flexibility index (Phi) is 5.30. The van der Waals surface area contributed by atoms with Gasteiger partial charge in [0, 0.05) is 15.1 Å². The summed E-state index contributed by atoms with van der Waals surface area (Å²) in [6.45, 7) is 2.96.